The van der Waals surface area contributed by atoms with Crippen molar-refractivity contribution in [3.8, 4) is 0 Å². The van der Waals surface area contributed by atoms with Gasteiger partial charge in [0.15, 0.2) is 0 Å². The highest BCUT2D eigenvalue weighted by atomic mass is 32.1. The first-order valence-corrected chi connectivity index (χ1v) is 12.0. The van der Waals surface area contributed by atoms with E-state index in [2.05, 4.69) is 17.1 Å². The van der Waals surface area contributed by atoms with Crippen molar-refractivity contribution in [1.82, 2.24) is 14.9 Å². The van der Waals surface area contributed by atoms with Gasteiger partial charge in [-0.2, -0.15) is 0 Å². The molecular weight excluding hydrogens is 368 g/mol. The lowest BCUT2D eigenvalue weighted by molar-refractivity contribution is 0.0331. The molecule has 1 saturated heterocycles. The van der Waals surface area contributed by atoms with Gasteiger partial charge in [0.25, 0.3) is 0 Å². The highest BCUT2D eigenvalue weighted by molar-refractivity contribution is 7.19. The summed E-state index contributed by atoms with van der Waals surface area (Å²) in [4.78, 5) is 15.3. The number of thiophene rings is 1. The van der Waals surface area contributed by atoms with Gasteiger partial charge in [-0.25, -0.2) is 9.97 Å². The number of anilines is 1. The Balaban J connectivity index is 1.50. The minimum atomic E-state index is 0.571. The summed E-state index contributed by atoms with van der Waals surface area (Å²) >= 11 is 1.92. The Morgan fingerprint density at radius 3 is 2.75 bits per heavy atom. The zero-order valence-electron chi connectivity index (χ0n) is 17.0. The fourth-order valence-electron chi connectivity index (χ4n) is 4.96. The fourth-order valence-corrected chi connectivity index (χ4v) is 6.36. The summed E-state index contributed by atoms with van der Waals surface area (Å²) in [5.74, 6) is 2.88. The maximum absolute atomic E-state index is 5.50. The van der Waals surface area contributed by atoms with Gasteiger partial charge in [0.2, 0.25) is 0 Å². The molecule has 152 valence electrons. The van der Waals surface area contributed by atoms with Crippen molar-refractivity contribution in [3.63, 3.8) is 0 Å². The Labute approximate surface area is 171 Å². The van der Waals surface area contributed by atoms with E-state index in [1.807, 2.05) is 11.3 Å². The van der Waals surface area contributed by atoms with Crippen molar-refractivity contribution in [3.05, 3.63) is 16.3 Å². The molecule has 1 saturated carbocycles. The largest absolute Gasteiger partial charge is 0.379 e. The molecule has 6 heteroatoms. The fraction of sp³-hybridized carbons (Fsp3) is 0.727. The van der Waals surface area contributed by atoms with Crippen molar-refractivity contribution in [2.45, 2.75) is 70.9 Å². The average Bonchev–Trinajstić information content (AvgIpc) is 3.07. The summed E-state index contributed by atoms with van der Waals surface area (Å²) < 4.78 is 5.50. The zero-order chi connectivity index (χ0) is 18.9. The van der Waals surface area contributed by atoms with Gasteiger partial charge in [-0.1, -0.05) is 26.2 Å². The zero-order valence-corrected chi connectivity index (χ0v) is 17.8. The molecule has 2 aromatic heterocycles. The molecule has 0 amide bonds. The molecule has 1 unspecified atom stereocenters. The number of hydrogen-bond donors (Lipinski definition) is 1. The summed E-state index contributed by atoms with van der Waals surface area (Å²) in [6.07, 6.45) is 10.3. The van der Waals surface area contributed by atoms with Crippen molar-refractivity contribution >= 4 is 27.4 Å². The topological polar surface area (TPSA) is 50.3 Å². The third-order valence-corrected chi connectivity index (χ3v) is 7.76. The first-order valence-electron chi connectivity index (χ1n) is 11.1. The molecule has 2 aromatic rings. The van der Waals surface area contributed by atoms with Gasteiger partial charge in [0, 0.05) is 24.0 Å². The van der Waals surface area contributed by atoms with Gasteiger partial charge in [0.05, 0.1) is 25.1 Å². The van der Waals surface area contributed by atoms with Crippen molar-refractivity contribution in [1.29, 1.82) is 0 Å². The molecule has 5 nitrogen and oxygen atoms in total. The Kier molecular flexibility index (Phi) is 5.53. The van der Waals surface area contributed by atoms with Crippen LogP contribution in [0.1, 0.15) is 61.7 Å². The van der Waals surface area contributed by atoms with Crippen LogP contribution < -0.4 is 5.32 Å². The van der Waals surface area contributed by atoms with Gasteiger partial charge in [0.1, 0.15) is 16.5 Å². The molecule has 3 heterocycles. The summed E-state index contributed by atoms with van der Waals surface area (Å²) in [6.45, 7) is 6.80. The predicted molar refractivity (Wildman–Crippen MR) is 115 cm³/mol. The Bertz CT molecular complexity index is 824. The number of nitrogens with zero attached hydrogens (tertiary/aromatic N) is 3. The van der Waals surface area contributed by atoms with E-state index in [0.717, 1.165) is 50.4 Å². The van der Waals surface area contributed by atoms with Crippen molar-refractivity contribution < 1.29 is 4.74 Å². The molecule has 0 spiro atoms. The monoisotopic (exact) mass is 400 g/mol. The van der Waals surface area contributed by atoms with Crippen LogP contribution in [0.2, 0.25) is 0 Å². The van der Waals surface area contributed by atoms with Gasteiger partial charge in [-0.15, -0.1) is 11.3 Å². The van der Waals surface area contributed by atoms with Crippen LogP contribution >= 0.6 is 11.3 Å². The van der Waals surface area contributed by atoms with Gasteiger partial charge < -0.3 is 10.1 Å². The number of fused-ring (bicyclic) bond motifs is 3. The Morgan fingerprint density at radius 2 is 1.93 bits per heavy atom. The Hall–Kier alpha value is -1.24. The van der Waals surface area contributed by atoms with E-state index >= 15 is 0 Å². The third-order valence-electron chi connectivity index (χ3n) is 6.62. The molecule has 2 fully saturated rings. The van der Waals surface area contributed by atoms with E-state index in [1.165, 1.54) is 67.1 Å². The van der Waals surface area contributed by atoms with E-state index in [0.29, 0.717) is 6.04 Å². The molecule has 2 aliphatic carbocycles. The number of rotatable bonds is 4. The number of aryl methyl sites for hydroxylation is 1. The Morgan fingerprint density at radius 1 is 1.11 bits per heavy atom. The van der Waals surface area contributed by atoms with Gasteiger partial charge in [-0.3, -0.25) is 4.90 Å². The van der Waals surface area contributed by atoms with E-state index < -0.39 is 0 Å². The van der Waals surface area contributed by atoms with Gasteiger partial charge in [-0.05, 0) is 43.6 Å². The van der Waals surface area contributed by atoms with Crippen LogP contribution in [0.25, 0.3) is 10.2 Å². The molecule has 1 atom stereocenters. The van der Waals surface area contributed by atoms with Crippen LogP contribution in [0.4, 0.5) is 5.82 Å². The van der Waals surface area contributed by atoms with Crippen molar-refractivity contribution in [2.24, 2.45) is 5.92 Å². The molecule has 0 radical (unpaired) electrons. The first-order chi connectivity index (χ1) is 13.8. The van der Waals surface area contributed by atoms with Gasteiger partial charge >= 0.3 is 0 Å². The molecule has 28 heavy (non-hydrogen) atoms. The minimum Gasteiger partial charge on any atom is -0.379 e. The summed E-state index contributed by atoms with van der Waals surface area (Å²) in [6, 6.07) is 0.571. The average molecular weight is 401 g/mol. The van der Waals surface area contributed by atoms with E-state index in [4.69, 9.17) is 14.7 Å². The second kappa shape index (κ2) is 8.25. The van der Waals surface area contributed by atoms with Crippen LogP contribution in [0.15, 0.2) is 0 Å². The smallest absolute Gasteiger partial charge is 0.146 e. The van der Waals surface area contributed by atoms with E-state index in [-0.39, 0.29) is 0 Å². The lowest BCUT2D eigenvalue weighted by Gasteiger charge is -2.27. The number of nitrogens with one attached hydrogen (secondary N) is 1. The quantitative estimate of drug-likeness (QED) is 0.825. The number of hydrogen-bond acceptors (Lipinski definition) is 6. The van der Waals surface area contributed by atoms with Crippen LogP contribution in [0.5, 0.6) is 0 Å². The molecule has 0 aromatic carbocycles. The number of morpholine rings is 1. The van der Waals surface area contributed by atoms with Crippen molar-refractivity contribution in [2.75, 3.05) is 31.6 Å². The van der Waals surface area contributed by atoms with Crippen LogP contribution in [-0.2, 0) is 24.1 Å². The molecule has 1 N–H and O–H groups in total. The lowest BCUT2D eigenvalue weighted by Crippen LogP contribution is -2.36. The second-order valence-corrected chi connectivity index (χ2v) is 9.97. The van der Waals surface area contributed by atoms with Crippen LogP contribution in [0, 0.1) is 5.92 Å². The van der Waals surface area contributed by atoms with E-state index in [9.17, 15) is 0 Å². The standard InChI is InChI=1S/C22H32N4OS/c1-15-7-8-17-18(13-15)28-22-20(17)21(23-16-5-3-2-4-6-16)24-19(25-22)14-26-9-11-27-12-10-26/h15-16H,2-14H2,1H3,(H,23,24,25). The minimum absolute atomic E-state index is 0.571. The second-order valence-electron chi connectivity index (χ2n) is 8.89. The number of ether oxygens (including phenoxy) is 1. The van der Waals surface area contributed by atoms with E-state index in [1.54, 1.807) is 4.88 Å². The van der Waals surface area contributed by atoms with Crippen LogP contribution in [0.3, 0.4) is 0 Å². The van der Waals surface area contributed by atoms with Crippen LogP contribution in [-0.4, -0.2) is 47.2 Å². The SMILES string of the molecule is CC1CCc2c(sc3nc(CN4CCOCC4)nc(NC4CCCCC4)c23)C1. The summed E-state index contributed by atoms with van der Waals surface area (Å²) in [7, 11) is 0. The molecule has 0 bridgehead atoms. The molecule has 3 aliphatic rings. The third kappa shape index (κ3) is 3.91. The molecular formula is C22H32N4OS. The molecule has 5 rings (SSSR count). The highest BCUT2D eigenvalue weighted by Crippen LogP contribution is 2.40. The predicted octanol–water partition coefficient (Wildman–Crippen LogP) is 4.39. The molecule has 1 aliphatic heterocycles. The maximum Gasteiger partial charge on any atom is 0.146 e. The highest BCUT2D eigenvalue weighted by Gasteiger charge is 2.26. The maximum atomic E-state index is 5.50. The first kappa shape index (κ1) is 18.8. The summed E-state index contributed by atoms with van der Waals surface area (Å²) in [5, 5.41) is 5.20. The number of aromatic nitrogens is 2. The lowest BCUT2D eigenvalue weighted by atomic mass is 9.89. The normalized spacial score (nSPS) is 24.4. The summed E-state index contributed by atoms with van der Waals surface area (Å²) in [5.41, 5.74) is 1.54.